The molecule has 0 fully saturated rings. The zero-order chi connectivity index (χ0) is 18.9. The molecular formula is C17H42O2Si4. The van der Waals surface area contributed by atoms with Crippen LogP contribution in [0.3, 0.4) is 0 Å². The van der Waals surface area contributed by atoms with Crippen LogP contribution in [-0.2, 0) is 9.22 Å². The predicted octanol–water partition coefficient (Wildman–Crippen LogP) is 5.59. The highest BCUT2D eigenvalue weighted by Gasteiger charge is 2.64. The van der Waals surface area contributed by atoms with E-state index in [-0.39, 0.29) is 11.9 Å². The van der Waals surface area contributed by atoms with Gasteiger partial charge in [-0.15, -0.1) is 0 Å². The molecule has 2 atom stereocenters. The molecule has 0 aromatic rings. The Morgan fingerprint density at radius 3 is 1.43 bits per heavy atom. The van der Waals surface area contributed by atoms with Gasteiger partial charge in [0.15, 0.2) is 6.87 Å². The lowest BCUT2D eigenvalue weighted by molar-refractivity contribution is -0.119. The summed E-state index contributed by atoms with van der Waals surface area (Å²) in [4.78, 5) is 11.9. The summed E-state index contributed by atoms with van der Waals surface area (Å²) in [6, 6.07) is 0. The molecule has 0 aromatic heterocycles. The first-order valence-corrected chi connectivity index (χ1v) is 24.6. The summed E-state index contributed by atoms with van der Waals surface area (Å²) in [5, 5.41) is 0. The van der Waals surface area contributed by atoms with Crippen molar-refractivity contribution in [3.8, 4) is 0 Å². The smallest absolute Gasteiger partial charge is 0.158 e. The van der Waals surface area contributed by atoms with Gasteiger partial charge in [0.25, 0.3) is 0 Å². The van der Waals surface area contributed by atoms with Gasteiger partial charge in [-0.1, -0.05) is 79.2 Å². The number of carbonyl (C=O) groups is 1. The van der Waals surface area contributed by atoms with Crippen molar-refractivity contribution >= 4 is 35.4 Å². The standard InChI is InChI=1S/C17H42O2Si4/c1-13-15(2)17(14-16(3)18)19-23(20(4,5)6,21(7,8)9)22(10,11)12/h15,17H,13-14H2,1-12H3/t15-,17-/m1/s1. The maximum Gasteiger partial charge on any atom is 0.158 e. The summed E-state index contributed by atoms with van der Waals surface area (Å²) in [6.07, 6.45) is 1.82. The highest BCUT2D eigenvalue weighted by molar-refractivity contribution is 7.87. The van der Waals surface area contributed by atoms with Gasteiger partial charge < -0.3 is 4.43 Å². The van der Waals surface area contributed by atoms with Crippen LogP contribution in [0.25, 0.3) is 0 Å². The Balaban J connectivity index is 6.19. The molecule has 2 nitrogen and oxygen atoms in total. The maximum absolute atomic E-state index is 11.9. The first-order valence-electron chi connectivity index (χ1n) is 9.18. The number of carbonyl (C=O) groups excluding carboxylic acids is 1. The highest BCUT2D eigenvalue weighted by Crippen LogP contribution is 2.40. The summed E-state index contributed by atoms with van der Waals surface area (Å²) in [5.74, 6) is 0.745. The molecule has 0 radical (unpaired) electrons. The molecule has 0 saturated carbocycles. The second-order valence-electron chi connectivity index (χ2n) is 10.4. The fourth-order valence-corrected chi connectivity index (χ4v) is 99.2. The number of Topliss-reactive ketones (excluding diaryl/α,β-unsaturated/α-hetero) is 1. The quantitative estimate of drug-likeness (QED) is 0.479. The lowest BCUT2D eigenvalue weighted by Gasteiger charge is -2.58. The Kier molecular flexibility index (Phi) is 7.97. The summed E-state index contributed by atoms with van der Waals surface area (Å²) in [6.45, 7) is 27.2. The molecule has 0 bridgehead atoms. The molecule has 0 aliphatic rings. The Hall–Kier alpha value is 0.498. The van der Waals surface area contributed by atoms with Crippen LogP contribution in [0, 0.1) is 5.92 Å². The SMILES string of the molecule is CC[C@@H](C)[C@@H](CC(C)=O)O[Si]([Si](C)(C)C)([Si](C)(C)C)[Si](C)(C)C. The van der Waals surface area contributed by atoms with E-state index in [2.05, 4.69) is 72.8 Å². The Morgan fingerprint density at radius 2 is 1.22 bits per heavy atom. The zero-order valence-corrected chi connectivity index (χ0v) is 21.9. The normalized spacial score (nSPS) is 17.0. The van der Waals surface area contributed by atoms with Crippen LogP contribution in [0.15, 0.2) is 0 Å². The van der Waals surface area contributed by atoms with Crippen molar-refractivity contribution in [2.75, 3.05) is 0 Å². The highest BCUT2D eigenvalue weighted by atomic mass is 29.9. The van der Waals surface area contributed by atoms with Crippen molar-refractivity contribution < 1.29 is 9.22 Å². The van der Waals surface area contributed by atoms with E-state index in [0.29, 0.717) is 12.3 Å². The molecule has 0 N–H and O–H groups in total. The molecule has 0 aliphatic heterocycles. The van der Waals surface area contributed by atoms with Crippen LogP contribution < -0.4 is 0 Å². The average Bonchev–Trinajstić information content (AvgIpc) is 2.27. The number of hydrogen-bond acceptors (Lipinski definition) is 2. The largest absolute Gasteiger partial charge is 0.422 e. The van der Waals surface area contributed by atoms with Gasteiger partial charge in [-0.25, -0.2) is 0 Å². The first kappa shape index (κ1) is 23.5. The van der Waals surface area contributed by atoms with Gasteiger partial charge >= 0.3 is 0 Å². The topological polar surface area (TPSA) is 26.3 Å². The van der Waals surface area contributed by atoms with Gasteiger partial charge in [-0.05, 0) is 12.8 Å². The van der Waals surface area contributed by atoms with E-state index >= 15 is 0 Å². The first-order chi connectivity index (χ1) is 10.0. The van der Waals surface area contributed by atoms with Gasteiger partial charge in [0, 0.05) is 6.42 Å². The summed E-state index contributed by atoms with van der Waals surface area (Å²) >= 11 is 0. The van der Waals surface area contributed by atoms with E-state index in [4.69, 9.17) is 4.43 Å². The third-order valence-electron chi connectivity index (χ3n) is 5.26. The molecule has 23 heavy (non-hydrogen) atoms. The van der Waals surface area contributed by atoms with Crippen LogP contribution in [0.1, 0.15) is 33.6 Å². The molecule has 0 unspecified atom stereocenters. The summed E-state index contributed by atoms with van der Waals surface area (Å²) in [7, 11) is -4.35. The third kappa shape index (κ3) is 5.23. The van der Waals surface area contributed by atoms with E-state index in [9.17, 15) is 4.79 Å². The fraction of sp³-hybridized carbons (Fsp3) is 0.941. The maximum atomic E-state index is 11.9. The molecule has 0 rings (SSSR count). The monoisotopic (exact) mass is 390 g/mol. The van der Waals surface area contributed by atoms with Gasteiger partial charge in [-0.3, -0.25) is 4.79 Å². The summed E-state index contributed by atoms with van der Waals surface area (Å²) < 4.78 is 7.30. The Morgan fingerprint density at radius 1 is 0.870 bits per heavy atom. The molecular weight excluding hydrogens is 349 g/mol. The van der Waals surface area contributed by atoms with Gasteiger partial charge in [-0.2, -0.15) is 0 Å². The van der Waals surface area contributed by atoms with Gasteiger partial charge in [0.1, 0.15) is 5.78 Å². The third-order valence-corrected chi connectivity index (χ3v) is 72.8. The lowest BCUT2D eigenvalue weighted by Crippen LogP contribution is -2.85. The number of ketones is 1. The minimum atomic E-state index is -1.84. The van der Waals surface area contributed by atoms with E-state index in [0.717, 1.165) is 6.42 Å². The van der Waals surface area contributed by atoms with Crippen molar-refractivity contribution in [1.29, 1.82) is 0 Å². The fourth-order valence-electron chi connectivity index (χ4n) is 5.04. The molecule has 0 aliphatic carbocycles. The van der Waals surface area contributed by atoms with Crippen LogP contribution in [-0.4, -0.2) is 41.5 Å². The second-order valence-corrected chi connectivity index (χ2v) is 49.8. The van der Waals surface area contributed by atoms with Crippen LogP contribution in [0.5, 0.6) is 0 Å². The molecule has 0 spiro atoms. The van der Waals surface area contributed by atoms with Crippen molar-refractivity contribution in [2.45, 2.75) is 98.6 Å². The summed E-state index contributed by atoms with van der Waals surface area (Å²) in [5.41, 5.74) is 0. The zero-order valence-electron chi connectivity index (χ0n) is 17.9. The van der Waals surface area contributed by atoms with Crippen molar-refractivity contribution in [2.24, 2.45) is 5.92 Å². The van der Waals surface area contributed by atoms with Crippen LogP contribution in [0.4, 0.5) is 0 Å². The van der Waals surface area contributed by atoms with E-state index in [1.165, 1.54) is 0 Å². The van der Waals surface area contributed by atoms with Gasteiger partial charge in [0.05, 0.1) is 28.9 Å². The predicted molar refractivity (Wildman–Crippen MR) is 115 cm³/mol. The number of rotatable bonds is 9. The van der Waals surface area contributed by atoms with Crippen LogP contribution in [0.2, 0.25) is 58.9 Å². The molecule has 0 aromatic carbocycles. The van der Waals surface area contributed by atoms with Crippen molar-refractivity contribution in [3.05, 3.63) is 0 Å². The second kappa shape index (κ2) is 7.81. The van der Waals surface area contributed by atoms with Crippen LogP contribution >= 0.6 is 0 Å². The van der Waals surface area contributed by atoms with Gasteiger partial charge in [0.2, 0.25) is 0 Å². The van der Waals surface area contributed by atoms with E-state index < -0.39 is 29.6 Å². The molecule has 0 amide bonds. The molecule has 138 valence electrons. The Bertz CT molecular complexity index is 366. The molecule has 6 heteroatoms. The van der Waals surface area contributed by atoms with Crippen molar-refractivity contribution in [3.63, 3.8) is 0 Å². The molecule has 0 heterocycles. The lowest BCUT2D eigenvalue weighted by atomic mass is 9.98. The van der Waals surface area contributed by atoms with E-state index in [1.54, 1.807) is 6.92 Å². The minimum Gasteiger partial charge on any atom is -0.422 e. The molecule has 0 saturated heterocycles. The number of hydrogen-bond donors (Lipinski definition) is 0. The van der Waals surface area contributed by atoms with Crippen molar-refractivity contribution in [1.82, 2.24) is 0 Å². The Labute approximate surface area is 149 Å². The van der Waals surface area contributed by atoms with E-state index in [1.807, 2.05) is 0 Å². The minimum absolute atomic E-state index is 0.134. The average molecular weight is 391 g/mol.